The van der Waals surface area contributed by atoms with E-state index in [1.807, 2.05) is 30.8 Å². The van der Waals surface area contributed by atoms with Crippen molar-refractivity contribution in [2.24, 2.45) is 0 Å². The molecular formula is C17H22N6S. The van der Waals surface area contributed by atoms with Crippen LogP contribution in [0.15, 0.2) is 29.7 Å². The van der Waals surface area contributed by atoms with Gasteiger partial charge in [0.2, 0.25) is 0 Å². The highest BCUT2D eigenvalue weighted by Crippen LogP contribution is 2.38. The van der Waals surface area contributed by atoms with Crippen molar-refractivity contribution >= 4 is 23.4 Å². The molecule has 2 aromatic rings. The van der Waals surface area contributed by atoms with Gasteiger partial charge in [-0.3, -0.25) is 0 Å². The molecular weight excluding hydrogens is 320 g/mol. The Morgan fingerprint density at radius 2 is 1.96 bits per heavy atom. The topological polar surface area (TPSA) is 58.0 Å². The van der Waals surface area contributed by atoms with Gasteiger partial charge in [-0.1, -0.05) is 11.8 Å². The first-order valence-electron chi connectivity index (χ1n) is 8.42. The molecule has 1 saturated carbocycles. The van der Waals surface area contributed by atoms with E-state index in [-0.39, 0.29) is 0 Å². The highest BCUT2D eigenvalue weighted by atomic mass is 32.2. The fourth-order valence-corrected chi connectivity index (χ4v) is 3.51. The van der Waals surface area contributed by atoms with Crippen molar-refractivity contribution in [3.05, 3.63) is 30.4 Å². The Morgan fingerprint density at radius 3 is 2.75 bits per heavy atom. The van der Waals surface area contributed by atoms with Gasteiger partial charge in [0.15, 0.2) is 5.16 Å². The third-order valence-electron chi connectivity index (χ3n) is 4.80. The van der Waals surface area contributed by atoms with Gasteiger partial charge in [-0.05, 0) is 37.7 Å². The summed E-state index contributed by atoms with van der Waals surface area (Å²) in [7, 11) is 2.14. The van der Waals surface area contributed by atoms with Crippen LogP contribution in [0.5, 0.6) is 0 Å². The Kier molecular flexibility index (Phi) is 4.26. The molecule has 0 radical (unpaired) electrons. The van der Waals surface area contributed by atoms with Crippen LogP contribution < -0.4 is 9.80 Å². The van der Waals surface area contributed by atoms with Gasteiger partial charge in [0.25, 0.3) is 0 Å². The lowest BCUT2D eigenvalue weighted by Gasteiger charge is -2.26. The van der Waals surface area contributed by atoms with Crippen LogP contribution in [-0.2, 0) is 0 Å². The Bertz CT molecular complexity index is 720. The van der Waals surface area contributed by atoms with Crippen molar-refractivity contribution < 1.29 is 0 Å². The van der Waals surface area contributed by atoms with Crippen LogP contribution in [0.25, 0.3) is 0 Å². The molecule has 0 N–H and O–H groups in total. The van der Waals surface area contributed by atoms with Crippen LogP contribution in [0.2, 0.25) is 0 Å². The number of hydrogen-bond donors (Lipinski definition) is 0. The predicted octanol–water partition coefficient (Wildman–Crippen LogP) is 2.58. The van der Waals surface area contributed by atoms with E-state index in [2.05, 4.69) is 31.8 Å². The molecule has 0 spiro atoms. The number of nitrogens with zero attached hydrogens (tertiary/aromatic N) is 6. The summed E-state index contributed by atoms with van der Waals surface area (Å²) in [4.78, 5) is 22.7. The second-order valence-corrected chi connectivity index (χ2v) is 7.22. The summed E-state index contributed by atoms with van der Waals surface area (Å²) in [5, 5.41) is 0.828. The Hall–Kier alpha value is -1.89. The van der Waals surface area contributed by atoms with Gasteiger partial charge in [0.1, 0.15) is 17.5 Å². The molecule has 1 aliphatic heterocycles. The Balaban J connectivity index is 1.46. The first kappa shape index (κ1) is 15.6. The zero-order valence-corrected chi connectivity index (χ0v) is 14.9. The second kappa shape index (κ2) is 6.55. The van der Waals surface area contributed by atoms with Crippen molar-refractivity contribution in [2.75, 3.05) is 36.2 Å². The molecule has 6 nitrogen and oxygen atoms in total. The largest absolute Gasteiger partial charge is 0.355 e. The number of hydrogen-bond acceptors (Lipinski definition) is 7. The lowest BCUT2D eigenvalue weighted by molar-refractivity contribution is 0.679. The van der Waals surface area contributed by atoms with Crippen LogP contribution in [0.4, 0.5) is 11.6 Å². The zero-order valence-electron chi connectivity index (χ0n) is 14.1. The molecule has 7 heteroatoms. The maximum atomic E-state index is 4.77. The van der Waals surface area contributed by atoms with Gasteiger partial charge in [0.05, 0.1) is 0 Å². The molecule has 0 bridgehead atoms. The summed E-state index contributed by atoms with van der Waals surface area (Å²) in [5.74, 6) is 3.65. The lowest BCUT2D eigenvalue weighted by Crippen LogP contribution is -2.35. The van der Waals surface area contributed by atoms with Gasteiger partial charge in [-0.15, -0.1) is 0 Å². The van der Waals surface area contributed by atoms with E-state index < -0.39 is 0 Å². The Morgan fingerprint density at radius 1 is 1.12 bits per heavy atom. The van der Waals surface area contributed by atoms with Gasteiger partial charge in [0, 0.05) is 44.5 Å². The summed E-state index contributed by atoms with van der Waals surface area (Å²) in [6.45, 7) is 1.98. The molecule has 1 aliphatic carbocycles. The van der Waals surface area contributed by atoms with Gasteiger partial charge >= 0.3 is 0 Å². The normalized spacial score (nSPS) is 20.4. The minimum Gasteiger partial charge on any atom is -0.355 e. The molecule has 2 fully saturated rings. The SMILES string of the molecule is CSc1nccc(N2CCC(N(C)c3ccnc(C4CC4)n3)C2)n1. The van der Waals surface area contributed by atoms with Crippen LogP contribution in [0.3, 0.4) is 0 Å². The van der Waals surface area contributed by atoms with E-state index in [0.717, 1.165) is 42.1 Å². The number of aromatic nitrogens is 4. The van der Waals surface area contributed by atoms with Crippen molar-refractivity contribution in [3.8, 4) is 0 Å². The molecule has 24 heavy (non-hydrogen) atoms. The van der Waals surface area contributed by atoms with E-state index >= 15 is 0 Å². The third kappa shape index (κ3) is 3.17. The molecule has 1 unspecified atom stereocenters. The van der Waals surface area contributed by atoms with Gasteiger partial charge in [-0.25, -0.2) is 19.9 Å². The molecule has 0 amide bonds. The predicted molar refractivity (Wildman–Crippen MR) is 96.8 cm³/mol. The average molecular weight is 342 g/mol. The van der Waals surface area contributed by atoms with Crippen molar-refractivity contribution in [1.29, 1.82) is 0 Å². The van der Waals surface area contributed by atoms with Gasteiger partial charge in [-0.2, -0.15) is 0 Å². The maximum absolute atomic E-state index is 4.77. The quantitative estimate of drug-likeness (QED) is 0.611. The maximum Gasteiger partial charge on any atom is 0.189 e. The monoisotopic (exact) mass is 342 g/mol. The zero-order chi connectivity index (χ0) is 16.5. The summed E-state index contributed by atoms with van der Waals surface area (Å²) >= 11 is 1.58. The van der Waals surface area contributed by atoms with Crippen molar-refractivity contribution in [2.45, 2.75) is 36.4 Å². The van der Waals surface area contributed by atoms with E-state index in [4.69, 9.17) is 4.98 Å². The average Bonchev–Trinajstić information content (AvgIpc) is 3.38. The first-order valence-corrected chi connectivity index (χ1v) is 9.65. The van der Waals surface area contributed by atoms with E-state index in [1.54, 1.807) is 11.8 Å². The van der Waals surface area contributed by atoms with Crippen molar-refractivity contribution in [1.82, 2.24) is 19.9 Å². The standard InChI is InChI=1S/C17H22N6S/c1-22(14-5-8-18-16(20-14)12-3-4-12)13-7-10-23(11-13)15-6-9-19-17(21-15)24-2/h5-6,8-9,12-13H,3-4,7,10-11H2,1-2H3. The fraction of sp³-hybridized carbons (Fsp3) is 0.529. The summed E-state index contributed by atoms with van der Waals surface area (Å²) in [5.41, 5.74) is 0. The van der Waals surface area contributed by atoms with Crippen LogP contribution >= 0.6 is 11.8 Å². The highest BCUT2D eigenvalue weighted by Gasteiger charge is 2.30. The smallest absolute Gasteiger partial charge is 0.189 e. The van der Waals surface area contributed by atoms with E-state index in [9.17, 15) is 0 Å². The lowest BCUT2D eigenvalue weighted by atomic mass is 10.2. The first-order chi connectivity index (χ1) is 11.7. The summed E-state index contributed by atoms with van der Waals surface area (Å²) in [6.07, 6.45) is 9.32. The molecule has 1 atom stereocenters. The molecule has 3 heterocycles. The molecule has 126 valence electrons. The minimum absolute atomic E-state index is 0.444. The number of anilines is 2. The molecule has 2 aromatic heterocycles. The second-order valence-electron chi connectivity index (χ2n) is 6.45. The van der Waals surface area contributed by atoms with Crippen LogP contribution in [0, 0.1) is 0 Å². The highest BCUT2D eigenvalue weighted by molar-refractivity contribution is 7.98. The van der Waals surface area contributed by atoms with Crippen LogP contribution in [0.1, 0.15) is 31.0 Å². The van der Waals surface area contributed by atoms with Crippen LogP contribution in [-0.4, -0.2) is 52.4 Å². The number of likely N-dealkylation sites (N-methyl/N-ethyl adjacent to an activating group) is 1. The van der Waals surface area contributed by atoms with Gasteiger partial charge < -0.3 is 9.80 Å². The Labute approximate surface area is 146 Å². The fourth-order valence-electron chi connectivity index (χ4n) is 3.16. The molecule has 4 rings (SSSR count). The number of rotatable bonds is 5. The van der Waals surface area contributed by atoms with E-state index in [0.29, 0.717) is 12.0 Å². The molecule has 1 saturated heterocycles. The van der Waals surface area contributed by atoms with E-state index in [1.165, 1.54) is 12.8 Å². The van der Waals surface area contributed by atoms with Crippen molar-refractivity contribution in [3.63, 3.8) is 0 Å². The number of thioether (sulfide) groups is 1. The summed E-state index contributed by atoms with van der Waals surface area (Å²) < 4.78 is 0. The molecule has 2 aliphatic rings. The third-order valence-corrected chi connectivity index (χ3v) is 5.36. The molecule has 0 aromatic carbocycles. The minimum atomic E-state index is 0.444. The summed E-state index contributed by atoms with van der Waals surface area (Å²) in [6, 6.07) is 4.46.